The van der Waals surface area contributed by atoms with Gasteiger partial charge in [-0.05, 0) is 36.1 Å². The number of carbonyl (C=O) groups excluding carboxylic acids is 1. The molecule has 0 bridgehead atoms. The topological polar surface area (TPSA) is 64.4 Å². The predicted octanol–water partition coefficient (Wildman–Crippen LogP) is 5.28. The van der Waals surface area contributed by atoms with Gasteiger partial charge in [0.15, 0.2) is 11.7 Å². The van der Waals surface area contributed by atoms with E-state index in [0.29, 0.717) is 24.7 Å². The van der Waals surface area contributed by atoms with Crippen LogP contribution in [0.25, 0.3) is 11.3 Å². The summed E-state index contributed by atoms with van der Waals surface area (Å²) in [5.74, 6) is 2.55. The quantitative estimate of drug-likeness (QED) is 0.566. The van der Waals surface area contributed by atoms with Gasteiger partial charge in [0, 0.05) is 18.4 Å². The zero-order valence-electron chi connectivity index (χ0n) is 17.4. The largest absolute Gasteiger partial charge is 0.497 e. The molecule has 0 spiro atoms. The van der Waals surface area contributed by atoms with Crippen molar-refractivity contribution in [3.05, 3.63) is 71.7 Å². The lowest BCUT2D eigenvalue weighted by Gasteiger charge is -2.14. The van der Waals surface area contributed by atoms with Gasteiger partial charge in [0.25, 0.3) is 0 Å². The monoisotopic (exact) mass is 392 g/mol. The minimum Gasteiger partial charge on any atom is -0.497 e. The maximum atomic E-state index is 12.3. The average molecular weight is 392 g/mol. The van der Waals surface area contributed by atoms with E-state index in [0.717, 1.165) is 22.6 Å². The van der Waals surface area contributed by atoms with Crippen LogP contribution in [-0.2, 0) is 11.2 Å². The Labute approximate surface area is 172 Å². The average Bonchev–Trinajstić information content (AvgIpc) is 3.21. The first kappa shape index (κ1) is 20.6. The molecule has 3 rings (SSSR count). The molecule has 1 atom stereocenters. The van der Waals surface area contributed by atoms with Crippen LogP contribution in [0.15, 0.2) is 59.1 Å². The van der Waals surface area contributed by atoms with E-state index in [1.807, 2.05) is 43.3 Å². The molecule has 29 heavy (non-hydrogen) atoms. The highest BCUT2D eigenvalue weighted by Crippen LogP contribution is 2.24. The summed E-state index contributed by atoms with van der Waals surface area (Å²) in [6.45, 7) is 6.30. The van der Waals surface area contributed by atoms with E-state index in [2.05, 4.69) is 36.3 Å². The Morgan fingerprint density at radius 1 is 1.03 bits per heavy atom. The Morgan fingerprint density at radius 3 is 2.31 bits per heavy atom. The fourth-order valence-corrected chi connectivity index (χ4v) is 3.10. The number of aryl methyl sites for hydroxylation is 1. The van der Waals surface area contributed by atoms with E-state index in [1.165, 1.54) is 5.56 Å². The van der Waals surface area contributed by atoms with Gasteiger partial charge in [0.1, 0.15) is 5.75 Å². The zero-order valence-corrected chi connectivity index (χ0v) is 17.4. The van der Waals surface area contributed by atoms with E-state index in [1.54, 1.807) is 13.3 Å². The Morgan fingerprint density at radius 2 is 1.69 bits per heavy atom. The van der Waals surface area contributed by atoms with E-state index in [-0.39, 0.29) is 11.9 Å². The molecule has 1 aromatic heterocycles. The standard InChI is InChI=1S/C24H28N2O3/c1-16(2)18-5-7-20(8-6-18)22-15-25-24(29-22)14-13-23(27)26-17(3)19-9-11-21(28-4)12-10-19/h5-12,15-17H,13-14H2,1-4H3,(H,26,27). The number of rotatable bonds is 8. The number of oxazole rings is 1. The van der Waals surface area contributed by atoms with Crippen LogP contribution in [0.1, 0.15) is 56.2 Å². The van der Waals surface area contributed by atoms with Gasteiger partial charge in [0.05, 0.1) is 19.3 Å². The lowest BCUT2D eigenvalue weighted by Crippen LogP contribution is -2.26. The summed E-state index contributed by atoms with van der Waals surface area (Å²) < 4.78 is 11.0. The van der Waals surface area contributed by atoms with Crippen molar-refractivity contribution in [1.82, 2.24) is 10.3 Å². The van der Waals surface area contributed by atoms with Crippen LogP contribution in [0, 0.1) is 0 Å². The number of hydrogen-bond acceptors (Lipinski definition) is 4. The number of carbonyl (C=O) groups is 1. The number of nitrogens with zero attached hydrogens (tertiary/aromatic N) is 1. The lowest BCUT2D eigenvalue weighted by atomic mass is 10.0. The van der Waals surface area contributed by atoms with Gasteiger partial charge in [-0.3, -0.25) is 4.79 Å². The van der Waals surface area contributed by atoms with Crippen molar-refractivity contribution in [2.24, 2.45) is 0 Å². The third-order valence-corrected chi connectivity index (χ3v) is 4.97. The Balaban J connectivity index is 1.52. The van der Waals surface area contributed by atoms with Crippen LogP contribution in [0.5, 0.6) is 5.75 Å². The van der Waals surface area contributed by atoms with E-state index in [4.69, 9.17) is 9.15 Å². The minimum absolute atomic E-state index is 0.0330. The first-order chi connectivity index (χ1) is 14.0. The first-order valence-corrected chi connectivity index (χ1v) is 9.94. The molecule has 0 saturated heterocycles. The van der Waals surface area contributed by atoms with Crippen molar-refractivity contribution in [3.63, 3.8) is 0 Å². The highest BCUT2D eigenvalue weighted by atomic mass is 16.5. The van der Waals surface area contributed by atoms with Gasteiger partial charge in [-0.25, -0.2) is 4.98 Å². The summed E-state index contributed by atoms with van der Waals surface area (Å²) >= 11 is 0. The summed E-state index contributed by atoms with van der Waals surface area (Å²) in [5.41, 5.74) is 3.31. The zero-order chi connectivity index (χ0) is 20.8. The summed E-state index contributed by atoms with van der Waals surface area (Å²) in [4.78, 5) is 16.6. The normalized spacial score (nSPS) is 12.0. The second-order valence-corrected chi connectivity index (χ2v) is 7.46. The first-order valence-electron chi connectivity index (χ1n) is 9.94. The number of nitrogens with one attached hydrogen (secondary N) is 1. The molecule has 3 aromatic rings. The van der Waals surface area contributed by atoms with Crippen molar-refractivity contribution in [3.8, 4) is 17.1 Å². The van der Waals surface area contributed by atoms with Crippen molar-refractivity contribution >= 4 is 5.91 Å². The number of aromatic nitrogens is 1. The fraction of sp³-hybridized carbons (Fsp3) is 0.333. The van der Waals surface area contributed by atoms with Crippen molar-refractivity contribution in [2.75, 3.05) is 7.11 Å². The van der Waals surface area contributed by atoms with Crippen LogP contribution >= 0.6 is 0 Å². The number of amides is 1. The maximum absolute atomic E-state index is 12.3. The SMILES string of the molecule is COc1ccc(C(C)NC(=O)CCc2ncc(-c3ccc(C(C)C)cc3)o2)cc1. The minimum atomic E-state index is -0.0759. The summed E-state index contributed by atoms with van der Waals surface area (Å²) in [7, 11) is 1.63. The molecule has 0 fully saturated rings. The molecule has 0 radical (unpaired) electrons. The van der Waals surface area contributed by atoms with Gasteiger partial charge in [0.2, 0.25) is 5.91 Å². The third kappa shape index (κ3) is 5.47. The van der Waals surface area contributed by atoms with Gasteiger partial charge in [-0.15, -0.1) is 0 Å². The predicted molar refractivity (Wildman–Crippen MR) is 114 cm³/mol. The van der Waals surface area contributed by atoms with Crippen LogP contribution < -0.4 is 10.1 Å². The lowest BCUT2D eigenvalue weighted by molar-refractivity contribution is -0.121. The molecule has 5 heteroatoms. The molecular weight excluding hydrogens is 364 g/mol. The molecule has 1 heterocycles. The Bertz CT molecular complexity index is 928. The van der Waals surface area contributed by atoms with E-state index < -0.39 is 0 Å². The molecule has 5 nitrogen and oxygen atoms in total. The summed E-state index contributed by atoms with van der Waals surface area (Å²) in [5, 5.41) is 3.01. The fourth-order valence-electron chi connectivity index (χ4n) is 3.10. The second-order valence-electron chi connectivity index (χ2n) is 7.46. The number of hydrogen-bond donors (Lipinski definition) is 1. The summed E-state index contributed by atoms with van der Waals surface area (Å²) in [6.07, 6.45) is 2.51. The van der Waals surface area contributed by atoms with Crippen LogP contribution in [0.2, 0.25) is 0 Å². The molecule has 0 aliphatic carbocycles. The van der Waals surface area contributed by atoms with Crippen molar-refractivity contribution in [2.45, 2.75) is 45.6 Å². The molecular formula is C24H28N2O3. The van der Waals surface area contributed by atoms with Gasteiger partial charge >= 0.3 is 0 Å². The molecule has 1 unspecified atom stereocenters. The summed E-state index contributed by atoms with van der Waals surface area (Å²) in [6, 6.07) is 15.9. The molecule has 0 aliphatic heterocycles. The van der Waals surface area contributed by atoms with Crippen molar-refractivity contribution < 1.29 is 13.9 Å². The maximum Gasteiger partial charge on any atom is 0.220 e. The molecule has 2 aromatic carbocycles. The highest BCUT2D eigenvalue weighted by molar-refractivity contribution is 5.76. The van der Waals surface area contributed by atoms with Gasteiger partial charge in [-0.2, -0.15) is 0 Å². The molecule has 1 amide bonds. The highest BCUT2D eigenvalue weighted by Gasteiger charge is 2.12. The van der Waals surface area contributed by atoms with E-state index in [9.17, 15) is 4.79 Å². The van der Waals surface area contributed by atoms with Crippen molar-refractivity contribution in [1.29, 1.82) is 0 Å². The van der Waals surface area contributed by atoms with Crippen LogP contribution in [0.4, 0.5) is 0 Å². The molecule has 1 N–H and O–H groups in total. The molecule has 0 saturated carbocycles. The second kappa shape index (κ2) is 9.41. The number of benzene rings is 2. The van der Waals surface area contributed by atoms with Gasteiger partial charge < -0.3 is 14.5 Å². The Hall–Kier alpha value is -3.08. The molecule has 152 valence electrons. The third-order valence-electron chi connectivity index (χ3n) is 4.97. The van der Waals surface area contributed by atoms with Gasteiger partial charge in [-0.1, -0.05) is 50.2 Å². The van der Waals surface area contributed by atoms with Crippen LogP contribution in [-0.4, -0.2) is 18.0 Å². The number of methoxy groups -OCH3 is 1. The van der Waals surface area contributed by atoms with Crippen LogP contribution in [0.3, 0.4) is 0 Å². The Kier molecular flexibility index (Phi) is 6.70. The molecule has 0 aliphatic rings. The van der Waals surface area contributed by atoms with E-state index >= 15 is 0 Å². The number of ether oxygens (including phenoxy) is 1. The smallest absolute Gasteiger partial charge is 0.220 e.